The Balaban J connectivity index is 2.05. The maximum atomic E-state index is 13.4. The van der Waals surface area contributed by atoms with E-state index in [0.29, 0.717) is 0 Å². The summed E-state index contributed by atoms with van der Waals surface area (Å²) in [6, 6.07) is 8.56. The van der Waals surface area contributed by atoms with Crippen LogP contribution < -0.4 is 10.9 Å². The van der Waals surface area contributed by atoms with Gasteiger partial charge >= 0.3 is 0 Å². The first-order chi connectivity index (χ1) is 9.59. The van der Waals surface area contributed by atoms with Crippen LogP contribution in [0.2, 0.25) is 0 Å². The Morgan fingerprint density at radius 2 is 1.60 bits per heavy atom. The van der Waals surface area contributed by atoms with Gasteiger partial charge in [-0.1, -0.05) is 24.4 Å². The fourth-order valence-electron chi connectivity index (χ4n) is 1.49. The summed E-state index contributed by atoms with van der Waals surface area (Å²) >= 11 is 4.93. The molecule has 0 atom stereocenters. The minimum absolute atomic E-state index is 0.161. The average Bonchev–Trinajstić information content (AvgIpc) is 2.45. The fraction of sp³-hybridized carbons (Fsp3) is 0. The first-order valence-electron chi connectivity index (χ1n) is 5.62. The molecule has 0 saturated heterocycles. The maximum absolute atomic E-state index is 13.4. The SMILES string of the molecule is O=C(NNC(=O)c1ccc[nH]c1=S)c1ccccc1F. The molecule has 0 bridgehead atoms. The highest BCUT2D eigenvalue weighted by molar-refractivity contribution is 7.71. The van der Waals surface area contributed by atoms with Crippen LogP contribution in [0.1, 0.15) is 20.7 Å². The Kier molecular flexibility index (Phi) is 4.21. The van der Waals surface area contributed by atoms with Crippen LogP contribution in [0.3, 0.4) is 0 Å². The number of aromatic nitrogens is 1. The number of carbonyl (C=O) groups excluding carboxylic acids is 2. The van der Waals surface area contributed by atoms with Crippen LogP contribution in [-0.2, 0) is 0 Å². The lowest BCUT2D eigenvalue weighted by Crippen LogP contribution is -2.42. The molecular weight excluding hydrogens is 281 g/mol. The van der Waals surface area contributed by atoms with Crippen molar-refractivity contribution in [1.82, 2.24) is 15.8 Å². The Morgan fingerprint density at radius 3 is 2.25 bits per heavy atom. The lowest BCUT2D eigenvalue weighted by Gasteiger charge is -2.07. The molecule has 102 valence electrons. The van der Waals surface area contributed by atoms with E-state index in [1.54, 1.807) is 12.3 Å². The summed E-state index contributed by atoms with van der Waals surface area (Å²) in [5.74, 6) is -2.00. The molecule has 0 fully saturated rings. The third-order valence-corrected chi connectivity index (χ3v) is 2.81. The maximum Gasteiger partial charge on any atom is 0.272 e. The summed E-state index contributed by atoms with van der Waals surface area (Å²) in [7, 11) is 0. The number of pyridine rings is 1. The summed E-state index contributed by atoms with van der Waals surface area (Å²) in [6.07, 6.45) is 1.58. The zero-order chi connectivity index (χ0) is 14.5. The Hall–Kier alpha value is -2.54. The largest absolute Gasteiger partial charge is 0.352 e. The number of H-pyrrole nitrogens is 1. The van der Waals surface area contributed by atoms with Crippen LogP contribution in [0.5, 0.6) is 0 Å². The molecule has 1 aromatic heterocycles. The first kappa shape index (κ1) is 13.9. The van der Waals surface area contributed by atoms with Gasteiger partial charge in [-0.05, 0) is 24.3 Å². The van der Waals surface area contributed by atoms with Crippen LogP contribution in [0.25, 0.3) is 0 Å². The smallest absolute Gasteiger partial charge is 0.272 e. The molecule has 20 heavy (non-hydrogen) atoms. The van der Waals surface area contributed by atoms with E-state index in [0.717, 1.165) is 6.07 Å². The number of rotatable bonds is 2. The molecule has 0 aliphatic heterocycles. The number of hydrazine groups is 1. The molecule has 0 unspecified atom stereocenters. The zero-order valence-electron chi connectivity index (χ0n) is 10.1. The lowest BCUT2D eigenvalue weighted by atomic mass is 10.2. The van der Waals surface area contributed by atoms with Gasteiger partial charge in [-0.15, -0.1) is 0 Å². The predicted molar refractivity (Wildman–Crippen MR) is 73.0 cm³/mol. The Morgan fingerprint density at radius 1 is 1.00 bits per heavy atom. The summed E-state index contributed by atoms with van der Waals surface area (Å²) in [5, 5.41) is 0. The van der Waals surface area contributed by atoms with Gasteiger partial charge in [0.25, 0.3) is 11.8 Å². The van der Waals surface area contributed by atoms with Gasteiger partial charge in [0, 0.05) is 6.20 Å². The molecular formula is C13H10FN3O2S. The van der Waals surface area contributed by atoms with E-state index in [9.17, 15) is 14.0 Å². The average molecular weight is 291 g/mol. The van der Waals surface area contributed by atoms with Gasteiger partial charge in [0.2, 0.25) is 0 Å². The third kappa shape index (κ3) is 3.07. The molecule has 2 aromatic rings. The van der Waals surface area contributed by atoms with Crippen LogP contribution in [0.15, 0.2) is 42.6 Å². The van der Waals surface area contributed by atoms with Gasteiger partial charge in [-0.3, -0.25) is 20.4 Å². The molecule has 0 aliphatic rings. The quantitative estimate of drug-likeness (QED) is 0.585. The molecule has 1 aromatic carbocycles. The second kappa shape index (κ2) is 6.07. The van der Waals surface area contributed by atoms with E-state index >= 15 is 0 Å². The van der Waals surface area contributed by atoms with Crippen LogP contribution in [0, 0.1) is 10.5 Å². The van der Waals surface area contributed by atoms with Crippen molar-refractivity contribution in [2.24, 2.45) is 0 Å². The highest BCUT2D eigenvalue weighted by Crippen LogP contribution is 2.05. The monoisotopic (exact) mass is 291 g/mol. The zero-order valence-corrected chi connectivity index (χ0v) is 11.0. The van der Waals surface area contributed by atoms with E-state index in [1.165, 1.54) is 24.3 Å². The van der Waals surface area contributed by atoms with E-state index in [2.05, 4.69) is 15.8 Å². The van der Waals surface area contributed by atoms with Crippen LogP contribution in [-0.4, -0.2) is 16.8 Å². The first-order valence-corrected chi connectivity index (χ1v) is 6.03. The van der Waals surface area contributed by atoms with Crippen molar-refractivity contribution in [3.63, 3.8) is 0 Å². The van der Waals surface area contributed by atoms with E-state index in [-0.39, 0.29) is 15.8 Å². The molecule has 0 saturated carbocycles. The van der Waals surface area contributed by atoms with E-state index in [4.69, 9.17) is 12.2 Å². The highest BCUT2D eigenvalue weighted by atomic mass is 32.1. The number of hydrogen-bond donors (Lipinski definition) is 3. The summed E-state index contributed by atoms with van der Waals surface area (Å²) < 4.78 is 13.6. The van der Waals surface area contributed by atoms with Gasteiger partial charge in [0.15, 0.2) is 0 Å². The predicted octanol–water partition coefficient (Wildman–Crippen LogP) is 1.96. The minimum atomic E-state index is -0.748. The normalized spacial score (nSPS) is 9.85. The second-order valence-electron chi connectivity index (χ2n) is 3.80. The van der Waals surface area contributed by atoms with Crippen molar-refractivity contribution in [3.8, 4) is 0 Å². The van der Waals surface area contributed by atoms with Gasteiger partial charge < -0.3 is 4.98 Å². The molecule has 1 heterocycles. The number of nitrogens with one attached hydrogen (secondary N) is 3. The van der Waals surface area contributed by atoms with Crippen molar-refractivity contribution < 1.29 is 14.0 Å². The summed E-state index contributed by atoms with van der Waals surface area (Å²) in [6.45, 7) is 0. The van der Waals surface area contributed by atoms with Gasteiger partial charge in [-0.25, -0.2) is 4.39 Å². The minimum Gasteiger partial charge on any atom is -0.352 e. The van der Waals surface area contributed by atoms with Gasteiger partial charge in [-0.2, -0.15) is 0 Å². The number of halogens is 1. The lowest BCUT2D eigenvalue weighted by molar-refractivity contribution is 0.0844. The molecule has 7 heteroatoms. The van der Waals surface area contributed by atoms with Crippen molar-refractivity contribution in [3.05, 3.63) is 64.2 Å². The highest BCUT2D eigenvalue weighted by Gasteiger charge is 2.12. The van der Waals surface area contributed by atoms with E-state index < -0.39 is 17.6 Å². The number of aromatic amines is 1. The van der Waals surface area contributed by atoms with E-state index in [1.807, 2.05) is 0 Å². The van der Waals surface area contributed by atoms with Crippen LogP contribution in [0.4, 0.5) is 4.39 Å². The summed E-state index contributed by atoms with van der Waals surface area (Å²) in [4.78, 5) is 26.2. The fourth-order valence-corrected chi connectivity index (χ4v) is 1.72. The third-order valence-electron chi connectivity index (χ3n) is 2.47. The van der Waals surface area contributed by atoms with Crippen LogP contribution >= 0.6 is 12.2 Å². The standard InChI is InChI=1S/C13H10FN3O2S/c14-10-6-2-1-4-8(10)11(18)16-17-12(19)9-5-3-7-15-13(9)20/h1-7H,(H,15,20)(H,16,18)(H,17,19). The Labute approximate surface area is 118 Å². The van der Waals surface area contributed by atoms with Gasteiger partial charge in [0.05, 0.1) is 11.1 Å². The van der Waals surface area contributed by atoms with Crippen molar-refractivity contribution >= 4 is 24.0 Å². The Bertz CT molecular complexity index is 715. The second-order valence-corrected chi connectivity index (χ2v) is 4.21. The molecule has 3 N–H and O–H groups in total. The molecule has 0 aliphatic carbocycles. The van der Waals surface area contributed by atoms with Gasteiger partial charge in [0.1, 0.15) is 10.5 Å². The van der Waals surface area contributed by atoms with Crippen molar-refractivity contribution in [1.29, 1.82) is 0 Å². The number of benzene rings is 1. The molecule has 2 rings (SSSR count). The van der Waals surface area contributed by atoms with Crippen molar-refractivity contribution in [2.45, 2.75) is 0 Å². The number of amides is 2. The number of carbonyl (C=O) groups is 2. The molecule has 5 nitrogen and oxygen atoms in total. The number of hydrogen-bond acceptors (Lipinski definition) is 3. The molecule has 2 amide bonds. The topological polar surface area (TPSA) is 74.0 Å². The summed E-state index contributed by atoms with van der Waals surface area (Å²) in [5.41, 5.74) is 4.34. The molecule has 0 spiro atoms. The van der Waals surface area contributed by atoms with Crippen molar-refractivity contribution in [2.75, 3.05) is 0 Å². The molecule has 0 radical (unpaired) electrons.